The van der Waals surface area contributed by atoms with Gasteiger partial charge in [-0.3, -0.25) is 4.79 Å². The standard InChI is InChI=1S/C12H15F2NO2/c1-7-5-11(14)9(6-10(7)13)8(2)15-4-3-12(16)17/h5-6,8,15H,3-4H2,1-2H3,(H,16,17). The number of benzene rings is 1. The lowest BCUT2D eigenvalue weighted by molar-refractivity contribution is -0.136. The number of hydrogen-bond acceptors (Lipinski definition) is 2. The van der Waals surface area contributed by atoms with Gasteiger partial charge in [0.15, 0.2) is 0 Å². The van der Waals surface area contributed by atoms with Gasteiger partial charge in [-0.15, -0.1) is 0 Å². The number of nitrogens with one attached hydrogen (secondary N) is 1. The number of hydrogen-bond donors (Lipinski definition) is 2. The molecule has 0 amide bonds. The maximum atomic E-state index is 13.5. The Morgan fingerprint density at radius 3 is 2.65 bits per heavy atom. The number of carboxylic acid groups (broad SMARTS) is 1. The molecule has 0 bridgehead atoms. The van der Waals surface area contributed by atoms with Crippen molar-refractivity contribution in [1.82, 2.24) is 5.32 Å². The predicted molar refractivity (Wildman–Crippen MR) is 59.8 cm³/mol. The van der Waals surface area contributed by atoms with Gasteiger partial charge >= 0.3 is 5.97 Å². The minimum Gasteiger partial charge on any atom is -0.481 e. The lowest BCUT2D eigenvalue weighted by Gasteiger charge is -2.15. The normalized spacial score (nSPS) is 12.5. The highest BCUT2D eigenvalue weighted by molar-refractivity contribution is 5.66. The van der Waals surface area contributed by atoms with Crippen LogP contribution in [0.4, 0.5) is 8.78 Å². The number of carboxylic acids is 1. The number of aliphatic carboxylic acids is 1. The van der Waals surface area contributed by atoms with E-state index in [0.29, 0.717) is 0 Å². The number of carbonyl (C=O) groups is 1. The first kappa shape index (κ1) is 13.6. The van der Waals surface area contributed by atoms with E-state index in [1.165, 1.54) is 6.92 Å². The second-order valence-electron chi connectivity index (χ2n) is 3.94. The molecule has 1 rings (SSSR count). The van der Waals surface area contributed by atoms with E-state index >= 15 is 0 Å². The predicted octanol–water partition coefficient (Wildman–Crippen LogP) is 2.40. The summed E-state index contributed by atoms with van der Waals surface area (Å²) in [5.74, 6) is -1.88. The summed E-state index contributed by atoms with van der Waals surface area (Å²) in [5, 5.41) is 11.3. The lowest BCUT2D eigenvalue weighted by Crippen LogP contribution is -2.22. The van der Waals surface area contributed by atoms with Crippen LogP contribution in [-0.4, -0.2) is 17.6 Å². The minimum absolute atomic E-state index is 0.0553. The highest BCUT2D eigenvalue weighted by Crippen LogP contribution is 2.20. The maximum absolute atomic E-state index is 13.5. The van der Waals surface area contributed by atoms with E-state index in [0.717, 1.165) is 12.1 Å². The van der Waals surface area contributed by atoms with Crippen LogP contribution in [0.5, 0.6) is 0 Å². The first-order chi connectivity index (χ1) is 7.91. The van der Waals surface area contributed by atoms with Gasteiger partial charge in [-0.25, -0.2) is 8.78 Å². The Morgan fingerprint density at radius 2 is 2.06 bits per heavy atom. The van der Waals surface area contributed by atoms with Crippen molar-refractivity contribution >= 4 is 5.97 Å². The summed E-state index contributed by atoms with van der Waals surface area (Å²) in [7, 11) is 0. The average Bonchev–Trinajstić information content (AvgIpc) is 2.22. The topological polar surface area (TPSA) is 49.3 Å². The Kier molecular flexibility index (Phi) is 4.57. The molecule has 0 saturated carbocycles. The molecular weight excluding hydrogens is 228 g/mol. The highest BCUT2D eigenvalue weighted by atomic mass is 19.1. The monoisotopic (exact) mass is 243 g/mol. The molecule has 0 fully saturated rings. The summed E-state index contributed by atoms with van der Waals surface area (Å²) in [6.07, 6.45) is -0.0553. The number of rotatable bonds is 5. The largest absolute Gasteiger partial charge is 0.481 e. The van der Waals surface area contributed by atoms with Crippen LogP contribution in [0.25, 0.3) is 0 Å². The summed E-state index contributed by atoms with van der Waals surface area (Å²) in [5.41, 5.74) is 0.461. The van der Waals surface area contributed by atoms with Crippen molar-refractivity contribution in [1.29, 1.82) is 0 Å². The van der Waals surface area contributed by atoms with E-state index in [2.05, 4.69) is 5.32 Å². The zero-order valence-corrected chi connectivity index (χ0v) is 9.76. The highest BCUT2D eigenvalue weighted by Gasteiger charge is 2.13. The smallest absolute Gasteiger partial charge is 0.304 e. The fourth-order valence-corrected chi connectivity index (χ4v) is 1.50. The first-order valence-corrected chi connectivity index (χ1v) is 5.32. The Balaban J connectivity index is 2.71. The molecule has 3 nitrogen and oxygen atoms in total. The van der Waals surface area contributed by atoms with Crippen LogP contribution in [-0.2, 0) is 4.79 Å². The molecule has 1 aromatic rings. The van der Waals surface area contributed by atoms with Gasteiger partial charge in [-0.2, -0.15) is 0 Å². The summed E-state index contributed by atoms with van der Waals surface area (Å²) in [6.45, 7) is 3.37. The van der Waals surface area contributed by atoms with Gasteiger partial charge in [0.05, 0.1) is 6.42 Å². The van der Waals surface area contributed by atoms with Gasteiger partial charge < -0.3 is 10.4 Å². The zero-order valence-electron chi connectivity index (χ0n) is 9.76. The summed E-state index contributed by atoms with van der Waals surface area (Å²) in [4.78, 5) is 10.3. The van der Waals surface area contributed by atoms with Gasteiger partial charge in [0.1, 0.15) is 11.6 Å². The average molecular weight is 243 g/mol. The molecule has 0 aromatic heterocycles. The summed E-state index contributed by atoms with van der Waals surface area (Å²) >= 11 is 0. The van der Waals surface area contributed by atoms with Gasteiger partial charge in [-0.1, -0.05) is 0 Å². The van der Waals surface area contributed by atoms with E-state index in [4.69, 9.17) is 5.11 Å². The third kappa shape index (κ3) is 3.78. The Morgan fingerprint density at radius 1 is 1.41 bits per heavy atom. The Labute approximate surface area is 98.5 Å². The molecular formula is C12H15F2NO2. The fraction of sp³-hybridized carbons (Fsp3) is 0.417. The summed E-state index contributed by atoms with van der Waals surface area (Å²) < 4.78 is 26.8. The van der Waals surface area contributed by atoms with Gasteiger partial charge in [0.25, 0.3) is 0 Å². The molecule has 0 spiro atoms. The van der Waals surface area contributed by atoms with Gasteiger partial charge in [0.2, 0.25) is 0 Å². The van der Waals surface area contributed by atoms with Crippen LogP contribution in [0.2, 0.25) is 0 Å². The lowest BCUT2D eigenvalue weighted by atomic mass is 10.0. The molecule has 17 heavy (non-hydrogen) atoms. The van der Waals surface area contributed by atoms with E-state index in [9.17, 15) is 13.6 Å². The zero-order chi connectivity index (χ0) is 13.0. The molecule has 0 aliphatic rings. The van der Waals surface area contributed by atoms with Crippen molar-refractivity contribution in [2.24, 2.45) is 0 Å². The molecule has 0 radical (unpaired) electrons. The molecule has 1 atom stereocenters. The molecule has 1 aromatic carbocycles. The third-order valence-corrected chi connectivity index (χ3v) is 2.53. The third-order valence-electron chi connectivity index (χ3n) is 2.53. The van der Waals surface area contributed by atoms with Crippen molar-refractivity contribution in [3.63, 3.8) is 0 Å². The van der Waals surface area contributed by atoms with E-state index in [-0.39, 0.29) is 24.1 Å². The summed E-state index contributed by atoms with van der Waals surface area (Å²) in [6, 6.07) is 1.85. The molecule has 2 N–H and O–H groups in total. The minimum atomic E-state index is -0.930. The van der Waals surface area contributed by atoms with E-state index in [1.54, 1.807) is 6.92 Å². The second-order valence-corrected chi connectivity index (χ2v) is 3.94. The molecule has 0 aliphatic heterocycles. The van der Waals surface area contributed by atoms with Crippen molar-refractivity contribution in [3.05, 3.63) is 34.9 Å². The second kappa shape index (κ2) is 5.72. The van der Waals surface area contributed by atoms with Crippen LogP contribution in [0.3, 0.4) is 0 Å². The number of halogens is 2. The van der Waals surface area contributed by atoms with E-state index in [1.807, 2.05) is 0 Å². The molecule has 0 heterocycles. The maximum Gasteiger partial charge on any atom is 0.304 e. The van der Waals surface area contributed by atoms with Crippen molar-refractivity contribution in [3.8, 4) is 0 Å². The van der Waals surface area contributed by atoms with Crippen LogP contribution >= 0.6 is 0 Å². The van der Waals surface area contributed by atoms with Crippen molar-refractivity contribution in [2.45, 2.75) is 26.3 Å². The SMILES string of the molecule is Cc1cc(F)c(C(C)NCCC(=O)O)cc1F. The van der Waals surface area contributed by atoms with Crippen LogP contribution in [0.1, 0.15) is 30.5 Å². The van der Waals surface area contributed by atoms with Crippen LogP contribution in [0.15, 0.2) is 12.1 Å². The van der Waals surface area contributed by atoms with E-state index < -0.39 is 23.6 Å². The Hall–Kier alpha value is -1.49. The molecule has 1 unspecified atom stereocenters. The molecule has 0 aliphatic carbocycles. The van der Waals surface area contributed by atoms with Crippen LogP contribution in [0, 0.1) is 18.6 Å². The van der Waals surface area contributed by atoms with Crippen LogP contribution < -0.4 is 5.32 Å². The molecule has 0 saturated heterocycles. The van der Waals surface area contributed by atoms with Gasteiger partial charge in [0, 0.05) is 18.2 Å². The van der Waals surface area contributed by atoms with Crippen molar-refractivity contribution in [2.75, 3.05) is 6.54 Å². The molecule has 5 heteroatoms. The Bertz CT molecular complexity index is 421. The quantitative estimate of drug-likeness (QED) is 0.834. The fourth-order valence-electron chi connectivity index (χ4n) is 1.50. The first-order valence-electron chi connectivity index (χ1n) is 5.32. The van der Waals surface area contributed by atoms with Gasteiger partial charge in [-0.05, 0) is 31.5 Å². The van der Waals surface area contributed by atoms with Crippen molar-refractivity contribution < 1.29 is 18.7 Å². The number of aryl methyl sites for hydroxylation is 1. The molecule has 94 valence electrons.